The number of hydrogen-bond acceptors (Lipinski definition) is 5. The lowest BCUT2D eigenvalue weighted by molar-refractivity contribution is 0.0942. The number of nitrogens with zero attached hydrogens (tertiary/aromatic N) is 2. The van der Waals surface area contributed by atoms with Crippen molar-refractivity contribution in [2.24, 2.45) is 0 Å². The molecule has 0 bridgehead atoms. The van der Waals surface area contributed by atoms with Crippen molar-refractivity contribution in [3.8, 4) is 11.5 Å². The van der Waals surface area contributed by atoms with Crippen LogP contribution in [0.1, 0.15) is 10.5 Å². The highest BCUT2D eigenvalue weighted by Crippen LogP contribution is 2.17. The molecule has 120 valence electrons. The number of amides is 1. The largest absolute Gasteiger partial charge is 0.463 e. The van der Waals surface area contributed by atoms with Gasteiger partial charge in [-0.15, -0.1) is 12.4 Å². The van der Waals surface area contributed by atoms with E-state index in [1.54, 1.807) is 18.4 Å². The zero-order valence-corrected chi connectivity index (χ0v) is 13.0. The van der Waals surface area contributed by atoms with Gasteiger partial charge in [0.15, 0.2) is 11.5 Å². The summed E-state index contributed by atoms with van der Waals surface area (Å²) >= 11 is 0. The maximum absolute atomic E-state index is 12.0. The summed E-state index contributed by atoms with van der Waals surface area (Å²) in [6, 6.07) is 5.31. The van der Waals surface area contributed by atoms with Crippen LogP contribution in [0.25, 0.3) is 11.5 Å². The molecule has 1 fully saturated rings. The molecule has 3 rings (SSSR count). The van der Waals surface area contributed by atoms with Crippen LogP contribution >= 0.6 is 12.4 Å². The van der Waals surface area contributed by atoms with Gasteiger partial charge in [-0.05, 0) is 12.1 Å². The van der Waals surface area contributed by atoms with Gasteiger partial charge in [-0.2, -0.15) is 5.10 Å². The second-order valence-electron chi connectivity index (χ2n) is 4.99. The Morgan fingerprint density at radius 2 is 2.23 bits per heavy atom. The molecule has 2 aromatic rings. The fraction of sp³-hybridized carbons (Fsp3) is 0.429. The number of aromatic amines is 1. The summed E-state index contributed by atoms with van der Waals surface area (Å²) in [6.07, 6.45) is 1.59. The Labute approximate surface area is 134 Å². The maximum Gasteiger partial charge on any atom is 0.271 e. The highest BCUT2D eigenvalue weighted by molar-refractivity contribution is 5.93. The first-order valence-corrected chi connectivity index (χ1v) is 7.13. The molecule has 0 unspecified atom stereocenters. The van der Waals surface area contributed by atoms with E-state index in [-0.39, 0.29) is 18.3 Å². The van der Waals surface area contributed by atoms with E-state index in [1.165, 1.54) is 0 Å². The Bertz CT molecular complexity index is 578. The molecule has 3 N–H and O–H groups in total. The molecule has 1 amide bonds. The fourth-order valence-corrected chi connectivity index (χ4v) is 2.35. The van der Waals surface area contributed by atoms with E-state index >= 15 is 0 Å². The van der Waals surface area contributed by atoms with Gasteiger partial charge < -0.3 is 15.1 Å². The van der Waals surface area contributed by atoms with Gasteiger partial charge >= 0.3 is 0 Å². The van der Waals surface area contributed by atoms with Crippen molar-refractivity contribution >= 4 is 18.3 Å². The van der Waals surface area contributed by atoms with Crippen LogP contribution in [0.15, 0.2) is 28.9 Å². The predicted molar refractivity (Wildman–Crippen MR) is 85.2 cm³/mol. The molecule has 0 atom stereocenters. The number of halogens is 1. The summed E-state index contributed by atoms with van der Waals surface area (Å²) in [5, 5.41) is 13.0. The maximum atomic E-state index is 12.0. The van der Waals surface area contributed by atoms with Gasteiger partial charge in [0.1, 0.15) is 5.69 Å². The van der Waals surface area contributed by atoms with Crippen molar-refractivity contribution in [3.05, 3.63) is 30.2 Å². The van der Waals surface area contributed by atoms with Crippen molar-refractivity contribution < 1.29 is 9.21 Å². The second-order valence-corrected chi connectivity index (χ2v) is 4.99. The summed E-state index contributed by atoms with van der Waals surface area (Å²) in [5.74, 6) is 0.501. The van der Waals surface area contributed by atoms with E-state index in [0.717, 1.165) is 32.7 Å². The minimum Gasteiger partial charge on any atom is -0.463 e. The van der Waals surface area contributed by atoms with Gasteiger partial charge in [-0.25, -0.2) is 0 Å². The van der Waals surface area contributed by atoms with Gasteiger partial charge in [-0.3, -0.25) is 14.8 Å². The number of nitrogens with one attached hydrogen (secondary N) is 3. The molecule has 1 aliphatic heterocycles. The summed E-state index contributed by atoms with van der Waals surface area (Å²) < 4.78 is 5.26. The lowest BCUT2D eigenvalue weighted by Crippen LogP contribution is -2.46. The van der Waals surface area contributed by atoms with Crippen molar-refractivity contribution in [3.63, 3.8) is 0 Å². The first-order chi connectivity index (χ1) is 10.3. The Morgan fingerprint density at radius 3 is 2.95 bits per heavy atom. The van der Waals surface area contributed by atoms with Crippen LogP contribution in [0.2, 0.25) is 0 Å². The molecule has 0 radical (unpaired) electrons. The first-order valence-electron chi connectivity index (χ1n) is 7.13. The molecule has 8 heteroatoms. The lowest BCUT2D eigenvalue weighted by Gasteiger charge is -2.26. The van der Waals surface area contributed by atoms with E-state index in [9.17, 15) is 4.79 Å². The standard InChI is InChI=1S/C14H19N5O2.ClH/c20-14(16-5-8-19-6-3-15-4-7-19)12-10-11(17-18-12)13-2-1-9-21-13;/h1-2,9-10,15H,3-8H2,(H,16,20)(H,17,18);1H. The predicted octanol–water partition coefficient (Wildman–Crippen LogP) is 0.726. The fourth-order valence-electron chi connectivity index (χ4n) is 2.35. The number of rotatable bonds is 5. The van der Waals surface area contributed by atoms with Crippen molar-refractivity contribution in [2.75, 3.05) is 39.3 Å². The molecular weight excluding hydrogens is 306 g/mol. The number of furan rings is 1. The van der Waals surface area contributed by atoms with E-state index < -0.39 is 0 Å². The Hall–Kier alpha value is -1.83. The quantitative estimate of drug-likeness (QED) is 0.754. The molecule has 1 aliphatic rings. The highest BCUT2D eigenvalue weighted by Gasteiger charge is 2.13. The molecule has 2 aromatic heterocycles. The van der Waals surface area contributed by atoms with Crippen LogP contribution < -0.4 is 10.6 Å². The van der Waals surface area contributed by atoms with Gasteiger partial charge in [0.05, 0.1) is 6.26 Å². The van der Waals surface area contributed by atoms with E-state index in [4.69, 9.17) is 4.42 Å². The number of carbonyl (C=O) groups excluding carboxylic acids is 1. The normalized spacial score (nSPS) is 15.3. The molecule has 22 heavy (non-hydrogen) atoms. The molecular formula is C14H20ClN5O2. The minimum atomic E-state index is -0.167. The van der Waals surface area contributed by atoms with Crippen LogP contribution in [0.4, 0.5) is 0 Å². The summed E-state index contributed by atoms with van der Waals surface area (Å²) in [4.78, 5) is 14.3. The third-order valence-electron chi connectivity index (χ3n) is 3.52. The summed E-state index contributed by atoms with van der Waals surface area (Å²) in [5.41, 5.74) is 1.08. The van der Waals surface area contributed by atoms with Gasteiger partial charge in [-0.1, -0.05) is 0 Å². The van der Waals surface area contributed by atoms with Crippen molar-refractivity contribution in [2.45, 2.75) is 0 Å². The van der Waals surface area contributed by atoms with Gasteiger partial charge in [0, 0.05) is 45.3 Å². The zero-order valence-electron chi connectivity index (χ0n) is 12.2. The number of aromatic nitrogens is 2. The van der Waals surface area contributed by atoms with Crippen LogP contribution in [0, 0.1) is 0 Å². The SMILES string of the molecule is Cl.O=C(NCCN1CCNCC1)c1cc(-c2ccco2)[nH]n1. The zero-order chi connectivity index (χ0) is 14.5. The number of H-pyrrole nitrogens is 1. The second kappa shape index (κ2) is 7.98. The average molecular weight is 326 g/mol. The minimum absolute atomic E-state index is 0. The third kappa shape index (κ3) is 4.09. The van der Waals surface area contributed by atoms with Crippen LogP contribution in [0.3, 0.4) is 0 Å². The molecule has 1 saturated heterocycles. The van der Waals surface area contributed by atoms with Crippen LogP contribution in [0.5, 0.6) is 0 Å². The van der Waals surface area contributed by atoms with E-state index in [1.807, 2.05) is 6.07 Å². The van der Waals surface area contributed by atoms with Crippen molar-refractivity contribution in [1.82, 2.24) is 25.7 Å². The molecule has 0 aromatic carbocycles. The van der Waals surface area contributed by atoms with E-state index in [2.05, 4.69) is 25.7 Å². The Morgan fingerprint density at radius 1 is 1.41 bits per heavy atom. The monoisotopic (exact) mass is 325 g/mol. The molecule has 3 heterocycles. The smallest absolute Gasteiger partial charge is 0.271 e. The van der Waals surface area contributed by atoms with Gasteiger partial charge in [0.25, 0.3) is 5.91 Å². The average Bonchev–Trinajstić information content (AvgIpc) is 3.19. The molecule has 7 nitrogen and oxygen atoms in total. The van der Waals surface area contributed by atoms with Gasteiger partial charge in [0.2, 0.25) is 0 Å². The van der Waals surface area contributed by atoms with E-state index in [0.29, 0.717) is 23.7 Å². The summed E-state index contributed by atoms with van der Waals surface area (Å²) in [7, 11) is 0. The van der Waals surface area contributed by atoms with Crippen LogP contribution in [-0.2, 0) is 0 Å². The number of carbonyl (C=O) groups is 1. The molecule has 0 aliphatic carbocycles. The molecule has 0 saturated carbocycles. The highest BCUT2D eigenvalue weighted by atomic mass is 35.5. The topological polar surface area (TPSA) is 86.2 Å². The van der Waals surface area contributed by atoms with Crippen LogP contribution in [-0.4, -0.2) is 60.3 Å². The molecule has 0 spiro atoms. The number of hydrogen-bond donors (Lipinski definition) is 3. The Balaban J connectivity index is 0.00000176. The number of piperazine rings is 1. The first kappa shape index (κ1) is 16.5. The van der Waals surface area contributed by atoms with Crippen molar-refractivity contribution in [1.29, 1.82) is 0 Å². The Kier molecular flexibility index (Phi) is 6.00. The summed E-state index contributed by atoms with van der Waals surface area (Å²) in [6.45, 7) is 5.58. The lowest BCUT2D eigenvalue weighted by atomic mass is 10.3. The third-order valence-corrected chi connectivity index (χ3v) is 3.52.